The van der Waals surface area contributed by atoms with Gasteiger partial charge in [-0.05, 0) is 37.1 Å². The molecule has 2 aliphatic heterocycles. The van der Waals surface area contributed by atoms with Gasteiger partial charge in [0.05, 0.1) is 24.0 Å². The van der Waals surface area contributed by atoms with Crippen molar-refractivity contribution in [2.24, 2.45) is 5.92 Å². The second kappa shape index (κ2) is 10.6. The number of morpholine rings is 1. The van der Waals surface area contributed by atoms with Crippen LogP contribution < -0.4 is 0 Å². The highest BCUT2D eigenvalue weighted by Gasteiger charge is 2.36. The normalized spacial score (nSPS) is 18.9. The monoisotopic (exact) mass is 490 g/mol. The minimum atomic E-state index is -3.78. The molecule has 0 saturated carbocycles. The Kier molecular flexibility index (Phi) is 7.60. The van der Waals surface area contributed by atoms with Crippen LogP contribution in [-0.4, -0.2) is 68.9 Å². The lowest BCUT2D eigenvalue weighted by molar-refractivity contribution is -0.166. The van der Waals surface area contributed by atoms with Crippen LogP contribution in [0.25, 0.3) is 0 Å². The number of sulfonamides is 1. The van der Waals surface area contributed by atoms with Gasteiger partial charge in [0.25, 0.3) is 5.91 Å². The van der Waals surface area contributed by atoms with Crippen molar-refractivity contribution >= 4 is 21.9 Å². The molecule has 2 heterocycles. The Balaban J connectivity index is 1.42. The molecule has 1 atom stereocenters. The van der Waals surface area contributed by atoms with Crippen LogP contribution in [0.5, 0.6) is 0 Å². The molecule has 1 amide bonds. The lowest BCUT2D eigenvalue weighted by Crippen LogP contribution is -2.45. The first kappa shape index (κ1) is 24.3. The third kappa shape index (κ3) is 5.45. The Bertz CT molecular complexity index is 1100. The van der Waals surface area contributed by atoms with Gasteiger partial charge in [-0.25, -0.2) is 12.8 Å². The fourth-order valence-corrected chi connectivity index (χ4v) is 5.61. The van der Waals surface area contributed by atoms with E-state index < -0.39 is 33.8 Å². The van der Waals surface area contributed by atoms with Crippen LogP contribution in [-0.2, 0) is 29.1 Å². The summed E-state index contributed by atoms with van der Waals surface area (Å²) >= 11 is 0. The number of rotatable bonds is 6. The van der Waals surface area contributed by atoms with E-state index in [9.17, 15) is 22.4 Å². The van der Waals surface area contributed by atoms with E-state index in [0.29, 0.717) is 31.9 Å². The molecule has 0 radical (unpaired) electrons. The summed E-state index contributed by atoms with van der Waals surface area (Å²) in [4.78, 5) is 27.8. The first-order valence-electron chi connectivity index (χ1n) is 11.2. The molecule has 10 heteroatoms. The smallest absolute Gasteiger partial charge is 0.310 e. The zero-order valence-corrected chi connectivity index (χ0v) is 19.5. The quantitative estimate of drug-likeness (QED) is 0.578. The van der Waals surface area contributed by atoms with E-state index in [4.69, 9.17) is 9.47 Å². The van der Waals surface area contributed by atoms with Gasteiger partial charge < -0.3 is 14.4 Å². The standard InChI is InChI=1S/C24H27FN2O6S/c25-20-6-8-21(9-7-20)34(30,31)27-12-10-19(11-13-27)24(29)33-22(18-4-2-1-3-5-18)23(28)26-14-16-32-17-15-26/h1-9,19,22H,10-17H2/t22-/m0/s1. The highest BCUT2D eigenvalue weighted by Crippen LogP contribution is 2.28. The zero-order valence-electron chi connectivity index (χ0n) is 18.6. The van der Waals surface area contributed by atoms with Crippen LogP contribution in [0.4, 0.5) is 4.39 Å². The molecule has 8 nitrogen and oxygen atoms in total. The van der Waals surface area contributed by atoms with E-state index in [1.807, 2.05) is 6.07 Å². The maximum Gasteiger partial charge on any atom is 0.310 e. The van der Waals surface area contributed by atoms with Gasteiger partial charge in [-0.2, -0.15) is 4.31 Å². The van der Waals surface area contributed by atoms with Gasteiger partial charge in [-0.3, -0.25) is 9.59 Å². The molecule has 0 aromatic heterocycles. The topological polar surface area (TPSA) is 93.2 Å². The molecule has 2 aromatic carbocycles. The van der Waals surface area contributed by atoms with Crippen LogP contribution in [0.15, 0.2) is 59.5 Å². The van der Waals surface area contributed by atoms with Gasteiger partial charge in [0.15, 0.2) is 0 Å². The summed E-state index contributed by atoms with van der Waals surface area (Å²) < 4.78 is 51.2. The molecule has 2 aromatic rings. The number of piperidine rings is 1. The number of esters is 1. The molecule has 2 saturated heterocycles. The number of benzene rings is 2. The number of carbonyl (C=O) groups excluding carboxylic acids is 2. The highest BCUT2D eigenvalue weighted by molar-refractivity contribution is 7.89. The molecule has 0 unspecified atom stereocenters. The third-order valence-corrected chi connectivity index (χ3v) is 8.03. The van der Waals surface area contributed by atoms with Gasteiger partial charge in [-0.15, -0.1) is 0 Å². The molecule has 2 fully saturated rings. The number of nitrogens with zero attached hydrogens (tertiary/aromatic N) is 2. The Morgan fingerprint density at radius 1 is 0.941 bits per heavy atom. The average molecular weight is 491 g/mol. The Hall–Kier alpha value is -2.82. The summed E-state index contributed by atoms with van der Waals surface area (Å²) in [7, 11) is -3.78. The fourth-order valence-electron chi connectivity index (χ4n) is 4.14. The van der Waals surface area contributed by atoms with Gasteiger partial charge in [0, 0.05) is 31.7 Å². The highest BCUT2D eigenvalue weighted by atomic mass is 32.2. The molecular formula is C24H27FN2O6S. The van der Waals surface area contributed by atoms with Gasteiger partial charge in [-0.1, -0.05) is 30.3 Å². The number of hydrogen-bond acceptors (Lipinski definition) is 6. The van der Waals surface area contributed by atoms with Crippen molar-refractivity contribution in [2.75, 3.05) is 39.4 Å². The van der Waals surface area contributed by atoms with Crippen molar-refractivity contribution in [3.63, 3.8) is 0 Å². The second-order valence-electron chi connectivity index (χ2n) is 8.30. The zero-order chi connectivity index (χ0) is 24.1. The Labute approximate surface area is 198 Å². The van der Waals surface area contributed by atoms with Crippen LogP contribution >= 0.6 is 0 Å². The molecule has 0 N–H and O–H groups in total. The maximum absolute atomic E-state index is 13.2. The summed E-state index contributed by atoms with van der Waals surface area (Å²) in [5.41, 5.74) is 0.587. The molecule has 2 aliphatic rings. The van der Waals surface area contributed by atoms with E-state index in [0.717, 1.165) is 12.1 Å². The number of amides is 1. The first-order chi connectivity index (χ1) is 16.4. The van der Waals surface area contributed by atoms with Crippen LogP contribution in [0.2, 0.25) is 0 Å². The second-order valence-corrected chi connectivity index (χ2v) is 10.2. The van der Waals surface area contributed by atoms with Crippen LogP contribution in [0.3, 0.4) is 0 Å². The fraction of sp³-hybridized carbons (Fsp3) is 0.417. The molecule has 0 aliphatic carbocycles. The minimum absolute atomic E-state index is 0.00942. The third-order valence-electron chi connectivity index (χ3n) is 6.12. The lowest BCUT2D eigenvalue weighted by atomic mass is 9.98. The molecule has 182 valence electrons. The van der Waals surface area contributed by atoms with Gasteiger partial charge in [0.1, 0.15) is 5.82 Å². The van der Waals surface area contributed by atoms with Crippen LogP contribution in [0.1, 0.15) is 24.5 Å². The van der Waals surface area contributed by atoms with E-state index in [2.05, 4.69) is 0 Å². The van der Waals surface area contributed by atoms with E-state index in [-0.39, 0.29) is 36.7 Å². The minimum Gasteiger partial charge on any atom is -0.447 e. The number of ether oxygens (including phenoxy) is 2. The maximum atomic E-state index is 13.2. The molecule has 4 rings (SSSR count). The van der Waals surface area contributed by atoms with E-state index >= 15 is 0 Å². The molecule has 0 bridgehead atoms. The predicted molar refractivity (Wildman–Crippen MR) is 121 cm³/mol. The summed E-state index contributed by atoms with van der Waals surface area (Å²) in [6.07, 6.45) is -0.522. The van der Waals surface area contributed by atoms with E-state index in [1.54, 1.807) is 29.2 Å². The summed E-state index contributed by atoms with van der Waals surface area (Å²) in [6, 6.07) is 13.5. The number of halogens is 1. The first-order valence-corrected chi connectivity index (χ1v) is 12.7. The largest absolute Gasteiger partial charge is 0.447 e. The number of carbonyl (C=O) groups is 2. The average Bonchev–Trinajstić information content (AvgIpc) is 2.88. The summed E-state index contributed by atoms with van der Waals surface area (Å²) in [5.74, 6) is -1.85. The van der Waals surface area contributed by atoms with Crippen molar-refractivity contribution in [2.45, 2.75) is 23.8 Å². The van der Waals surface area contributed by atoms with Crippen molar-refractivity contribution in [1.82, 2.24) is 9.21 Å². The summed E-state index contributed by atoms with van der Waals surface area (Å²) in [5, 5.41) is 0. The van der Waals surface area contributed by atoms with E-state index in [1.165, 1.54) is 16.4 Å². The number of hydrogen-bond donors (Lipinski definition) is 0. The SMILES string of the molecule is O=C(O[C@H](C(=O)N1CCOCC1)c1ccccc1)C1CCN(S(=O)(=O)c2ccc(F)cc2)CC1. The molecule has 0 spiro atoms. The molecular weight excluding hydrogens is 463 g/mol. The Morgan fingerprint density at radius 3 is 2.18 bits per heavy atom. The van der Waals surface area contributed by atoms with Crippen LogP contribution in [0, 0.1) is 11.7 Å². The molecule has 34 heavy (non-hydrogen) atoms. The van der Waals surface area contributed by atoms with Crippen molar-refractivity contribution in [3.05, 3.63) is 66.0 Å². The van der Waals surface area contributed by atoms with Gasteiger partial charge >= 0.3 is 5.97 Å². The predicted octanol–water partition coefficient (Wildman–Crippen LogP) is 2.37. The van der Waals surface area contributed by atoms with Crippen molar-refractivity contribution < 1.29 is 31.9 Å². The lowest BCUT2D eigenvalue weighted by Gasteiger charge is -2.33. The Morgan fingerprint density at radius 2 is 1.56 bits per heavy atom. The van der Waals surface area contributed by atoms with Crippen molar-refractivity contribution in [1.29, 1.82) is 0 Å². The van der Waals surface area contributed by atoms with Gasteiger partial charge in [0.2, 0.25) is 16.1 Å². The summed E-state index contributed by atoms with van der Waals surface area (Å²) in [6.45, 7) is 1.99. The van der Waals surface area contributed by atoms with Crippen molar-refractivity contribution in [3.8, 4) is 0 Å².